The Bertz CT molecular complexity index is 718. The van der Waals surface area contributed by atoms with Crippen LogP contribution < -0.4 is 10.1 Å². The summed E-state index contributed by atoms with van der Waals surface area (Å²) >= 11 is 0. The number of carbonyl (C=O) groups excluding carboxylic acids is 1. The van der Waals surface area contributed by atoms with Gasteiger partial charge in [-0.15, -0.1) is 0 Å². The normalized spacial score (nSPS) is 16.2. The maximum Gasteiger partial charge on any atom is 0.266 e. The molecule has 0 saturated carbocycles. The molecular weight excluding hydrogens is 328 g/mol. The van der Waals surface area contributed by atoms with Crippen molar-refractivity contribution in [1.82, 2.24) is 5.32 Å². The standard InChI is InChI=1S/C19H19F2NO3/c20-16-7-6-15(12-17(16)21)25-18(13-4-2-1-3-5-13)19(23)22-14-8-10-24-11-9-14/h1-7,12,14,18H,8-11H2,(H,22,23)/t18-/m0/s1. The summed E-state index contributed by atoms with van der Waals surface area (Å²) < 4.78 is 37.5. The summed E-state index contributed by atoms with van der Waals surface area (Å²) in [5.74, 6) is -2.21. The molecule has 1 aliphatic rings. The van der Waals surface area contributed by atoms with Crippen LogP contribution in [0.25, 0.3) is 0 Å². The first-order valence-electron chi connectivity index (χ1n) is 8.18. The molecule has 0 spiro atoms. The van der Waals surface area contributed by atoms with Crippen LogP contribution in [-0.2, 0) is 9.53 Å². The Morgan fingerprint density at radius 2 is 1.80 bits per heavy atom. The largest absolute Gasteiger partial charge is 0.476 e. The van der Waals surface area contributed by atoms with Crippen LogP contribution >= 0.6 is 0 Å². The highest BCUT2D eigenvalue weighted by Gasteiger charge is 2.26. The third-order valence-corrected chi connectivity index (χ3v) is 4.05. The zero-order valence-corrected chi connectivity index (χ0v) is 13.6. The third-order valence-electron chi connectivity index (χ3n) is 4.05. The summed E-state index contributed by atoms with van der Waals surface area (Å²) in [6.07, 6.45) is 0.519. The lowest BCUT2D eigenvalue weighted by molar-refractivity contribution is -0.129. The Balaban J connectivity index is 1.79. The van der Waals surface area contributed by atoms with Gasteiger partial charge in [0.1, 0.15) is 5.75 Å². The van der Waals surface area contributed by atoms with Gasteiger partial charge in [0.25, 0.3) is 5.91 Å². The minimum absolute atomic E-state index is 0.0148. The molecule has 1 amide bonds. The number of rotatable bonds is 5. The SMILES string of the molecule is O=C(NC1CCOCC1)[C@@H](Oc1ccc(F)c(F)c1)c1ccccc1. The average molecular weight is 347 g/mol. The summed E-state index contributed by atoms with van der Waals surface area (Å²) in [6.45, 7) is 1.20. The molecule has 0 bridgehead atoms. The first kappa shape index (κ1) is 17.4. The second kappa shape index (κ2) is 8.07. The quantitative estimate of drug-likeness (QED) is 0.902. The van der Waals surface area contributed by atoms with E-state index in [0.29, 0.717) is 18.8 Å². The molecule has 1 heterocycles. The number of carbonyl (C=O) groups is 1. The molecule has 2 aromatic rings. The summed E-state index contributed by atoms with van der Waals surface area (Å²) in [5, 5.41) is 2.95. The van der Waals surface area contributed by atoms with Crippen molar-refractivity contribution in [3.05, 3.63) is 65.7 Å². The van der Waals surface area contributed by atoms with Crippen molar-refractivity contribution in [1.29, 1.82) is 0 Å². The molecule has 1 fully saturated rings. The molecule has 4 nitrogen and oxygen atoms in total. The second-order valence-corrected chi connectivity index (χ2v) is 5.88. The van der Waals surface area contributed by atoms with Gasteiger partial charge >= 0.3 is 0 Å². The van der Waals surface area contributed by atoms with Crippen LogP contribution in [0, 0.1) is 11.6 Å². The van der Waals surface area contributed by atoms with Crippen LogP contribution in [0.3, 0.4) is 0 Å². The topological polar surface area (TPSA) is 47.6 Å². The highest BCUT2D eigenvalue weighted by atomic mass is 19.2. The summed E-state index contributed by atoms with van der Waals surface area (Å²) in [6, 6.07) is 12.2. The maximum absolute atomic E-state index is 13.4. The van der Waals surface area contributed by atoms with E-state index in [9.17, 15) is 13.6 Å². The van der Waals surface area contributed by atoms with Gasteiger partial charge < -0.3 is 14.8 Å². The highest BCUT2D eigenvalue weighted by molar-refractivity contribution is 5.82. The molecular formula is C19H19F2NO3. The Hall–Kier alpha value is -2.47. The Morgan fingerprint density at radius 3 is 2.48 bits per heavy atom. The van der Waals surface area contributed by atoms with E-state index in [4.69, 9.17) is 9.47 Å². The van der Waals surface area contributed by atoms with E-state index in [2.05, 4.69) is 5.32 Å². The smallest absolute Gasteiger partial charge is 0.266 e. The number of hydrogen-bond acceptors (Lipinski definition) is 3. The van der Waals surface area contributed by atoms with Crippen molar-refractivity contribution in [2.24, 2.45) is 0 Å². The lowest BCUT2D eigenvalue weighted by Gasteiger charge is -2.26. The molecule has 1 saturated heterocycles. The van der Waals surface area contributed by atoms with E-state index in [1.807, 2.05) is 6.07 Å². The predicted molar refractivity (Wildman–Crippen MR) is 88.2 cm³/mol. The van der Waals surface area contributed by atoms with Crippen molar-refractivity contribution < 1.29 is 23.0 Å². The van der Waals surface area contributed by atoms with Gasteiger partial charge in [0.2, 0.25) is 6.10 Å². The lowest BCUT2D eigenvalue weighted by atomic mass is 10.1. The molecule has 25 heavy (non-hydrogen) atoms. The van der Waals surface area contributed by atoms with E-state index >= 15 is 0 Å². The fourth-order valence-electron chi connectivity index (χ4n) is 2.71. The van der Waals surface area contributed by atoms with Gasteiger partial charge in [0.05, 0.1) is 0 Å². The van der Waals surface area contributed by atoms with Gasteiger partial charge in [-0.2, -0.15) is 0 Å². The zero-order valence-electron chi connectivity index (χ0n) is 13.6. The minimum atomic E-state index is -1.02. The number of halogens is 2. The fraction of sp³-hybridized carbons (Fsp3) is 0.316. The van der Waals surface area contributed by atoms with E-state index in [1.165, 1.54) is 6.07 Å². The van der Waals surface area contributed by atoms with Crippen LogP contribution in [0.15, 0.2) is 48.5 Å². The molecule has 6 heteroatoms. The molecule has 0 aromatic heterocycles. The first-order valence-corrected chi connectivity index (χ1v) is 8.18. The Morgan fingerprint density at radius 1 is 1.08 bits per heavy atom. The van der Waals surface area contributed by atoms with E-state index in [1.54, 1.807) is 24.3 Å². The Kier molecular flexibility index (Phi) is 5.60. The molecule has 0 radical (unpaired) electrons. The van der Waals surface area contributed by atoms with Crippen molar-refractivity contribution in [2.75, 3.05) is 13.2 Å². The van der Waals surface area contributed by atoms with Crippen molar-refractivity contribution >= 4 is 5.91 Å². The molecule has 1 atom stereocenters. The second-order valence-electron chi connectivity index (χ2n) is 5.88. The molecule has 0 aliphatic carbocycles. The van der Waals surface area contributed by atoms with Crippen LogP contribution in [-0.4, -0.2) is 25.2 Å². The van der Waals surface area contributed by atoms with Crippen molar-refractivity contribution in [3.8, 4) is 5.75 Å². The highest BCUT2D eigenvalue weighted by Crippen LogP contribution is 2.24. The van der Waals surface area contributed by atoms with Gasteiger partial charge in [0.15, 0.2) is 11.6 Å². The fourth-order valence-corrected chi connectivity index (χ4v) is 2.71. The van der Waals surface area contributed by atoms with Crippen LogP contribution in [0.1, 0.15) is 24.5 Å². The number of nitrogens with one attached hydrogen (secondary N) is 1. The first-order chi connectivity index (χ1) is 12.1. The monoisotopic (exact) mass is 347 g/mol. The molecule has 1 N–H and O–H groups in total. The van der Waals surface area contributed by atoms with Gasteiger partial charge in [-0.3, -0.25) is 4.79 Å². The molecule has 0 unspecified atom stereocenters. The number of hydrogen-bond donors (Lipinski definition) is 1. The van der Waals surface area contributed by atoms with E-state index in [0.717, 1.165) is 25.0 Å². The average Bonchev–Trinajstić information content (AvgIpc) is 2.64. The number of ether oxygens (including phenoxy) is 2. The lowest BCUT2D eigenvalue weighted by Crippen LogP contribution is -2.42. The molecule has 3 rings (SSSR count). The summed E-state index contributed by atoms with van der Waals surface area (Å²) in [4.78, 5) is 12.7. The van der Waals surface area contributed by atoms with Gasteiger partial charge in [-0.25, -0.2) is 8.78 Å². The third kappa shape index (κ3) is 4.54. The van der Waals surface area contributed by atoms with Gasteiger partial charge in [0, 0.05) is 30.9 Å². The van der Waals surface area contributed by atoms with Gasteiger partial charge in [-0.05, 0) is 25.0 Å². The van der Waals surface area contributed by atoms with Gasteiger partial charge in [-0.1, -0.05) is 30.3 Å². The van der Waals surface area contributed by atoms with E-state index < -0.39 is 17.7 Å². The van der Waals surface area contributed by atoms with Crippen LogP contribution in [0.4, 0.5) is 8.78 Å². The molecule has 1 aliphatic heterocycles. The maximum atomic E-state index is 13.4. The minimum Gasteiger partial charge on any atom is -0.476 e. The van der Waals surface area contributed by atoms with Crippen molar-refractivity contribution in [2.45, 2.75) is 25.0 Å². The van der Waals surface area contributed by atoms with Crippen molar-refractivity contribution in [3.63, 3.8) is 0 Å². The van der Waals surface area contributed by atoms with E-state index in [-0.39, 0.29) is 17.7 Å². The predicted octanol–water partition coefficient (Wildman–Crippen LogP) is 3.38. The molecule has 2 aromatic carbocycles. The summed E-state index contributed by atoms with van der Waals surface area (Å²) in [5.41, 5.74) is 0.636. The van der Waals surface area contributed by atoms with Crippen LogP contribution in [0.2, 0.25) is 0 Å². The number of benzene rings is 2. The Labute approximate surface area is 144 Å². The summed E-state index contributed by atoms with van der Waals surface area (Å²) in [7, 11) is 0. The zero-order chi connectivity index (χ0) is 17.6. The van der Waals surface area contributed by atoms with Crippen LogP contribution in [0.5, 0.6) is 5.75 Å². The number of amides is 1. The molecule has 132 valence electrons.